The van der Waals surface area contributed by atoms with Gasteiger partial charge in [0.15, 0.2) is 0 Å². The molecule has 0 aromatic heterocycles. The molecule has 34 heavy (non-hydrogen) atoms. The third-order valence-corrected chi connectivity index (χ3v) is 8.37. The van der Waals surface area contributed by atoms with Crippen molar-refractivity contribution in [3.63, 3.8) is 0 Å². The van der Waals surface area contributed by atoms with E-state index in [1.165, 1.54) is 11.8 Å². The van der Waals surface area contributed by atoms with E-state index in [0.29, 0.717) is 37.8 Å². The first-order chi connectivity index (χ1) is 16.3. The highest BCUT2D eigenvalue weighted by atomic mass is 35.5. The van der Waals surface area contributed by atoms with Gasteiger partial charge in [0.05, 0.1) is 5.75 Å². The molecule has 0 aliphatic heterocycles. The minimum absolute atomic E-state index is 0.134. The zero-order valence-electron chi connectivity index (χ0n) is 19.0. The Balaban J connectivity index is 1.77. The van der Waals surface area contributed by atoms with Crippen LogP contribution in [-0.4, -0.2) is 34.6 Å². The molecule has 0 radical (unpaired) electrons. The number of carbonyl (C=O) groups excluding carboxylic acids is 2. The van der Waals surface area contributed by atoms with Crippen molar-refractivity contribution in [2.75, 3.05) is 5.75 Å². The van der Waals surface area contributed by atoms with Gasteiger partial charge in [-0.1, -0.05) is 78.3 Å². The van der Waals surface area contributed by atoms with E-state index in [9.17, 15) is 9.59 Å². The van der Waals surface area contributed by atoms with Crippen LogP contribution in [0.15, 0.2) is 36.4 Å². The van der Waals surface area contributed by atoms with Crippen molar-refractivity contribution in [2.24, 2.45) is 0 Å². The third kappa shape index (κ3) is 7.20. The number of thioether (sulfide) groups is 1. The van der Waals surface area contributed by atoms with Crippen LogP contribution in [0.3, 0.4) is 0 Å². The minimum atomic E-state index is -0.620. The molecule has 0 heterocycles. The predicted molar refractivity (Wildman–Crippen MR) is 144 cm³/mol. The second kappa shape index (κ2) is 13.3. The molecule has 4 nitrogen and oxygen atoms in total. The first-order valence-corrected chi connectivity index (χ1v) is 14.0. The number of amides is 2. The molecule has 1 fully saturated rings. The molecule has 1 unspecified atom stereocenters. The van der Waals surface area contributed by atoms with Gasteiger partial charge in [0.1, 0.15) is 6.04 Å². The molecular weight excluding hydrogens is 534 g/mol. The molecule has 1 aliphatic rings. The Kier molecular flexibility index (Phi) is 10.7. The molecule has 184 valence electrons. The first-order valence-electron chi connectivity index (χ1n) is 11.3. The molecular formula is C25H28Cl4N2O2S. The fraction of sp³-hybridized carbons (Fsp3) is 0.440. The molecule has 0 bridgehead atoms. The van der Waals surface area contributed by atoms with Crippen LogP contribution in [0.5, 0.6) is 0 Å². The number of nitrogens with zero attached hydrogens (tertiary/aromatic N) is 1. The van der Waals surface area contributed by atoms with Gasteiger partial charge in [-0.05, 0) is 49.1 Å². The monoisotopic (exact) mass is 560 g/mol. The van der Waals surface area contributed by atoms with E-state index in [1.54, 1.807) is 41.3 Å². The van der Waals surface area contributed by atoms with Gasteiger partial charge in [-0.2, -0.15) is 0 Å². The summed E-state index contributed by atoms with van der Waals surface area (Å²) in [6.07, 6.45) is 4.65. The Hall–Kier alpha value is -1.11. The lowest BCUT2D eigenvalue weighted by atomic mass is 10.1. The van der Waals surface area contributed by atoms with Gasteiger partial charge < -0.3 is 10.2 Å². The topological polar surface area (TPSA) is 49.4 Å². The lowest BCUT2D eigenvalue weighted by Crippen LogP contribution is -2.51. The maximum atomic E-state index is 13.4. The number of halogens is 4. The fourth-order valence-corrected chi connectivity index (χ4v) is 6.30. The third-order valence-electron chi connectivity index (χ3n) is 6.01. The highest BCUT2D eigenvalue weighted by molar-refractivity contribution is 7.99. The van der Waals surface area contributed by atoms with Crippen LogP contribution < -0.4 is 5.32 Å². The Morgan fingerprint density at radius 3 is 2.03 bits per heavy atom. The van der Waals surface area contributed by atoms with Crippen molar-refractivity contribution in [3.8, 4) is 0 Å². The SMILES string of the molecule is CCC(C(=O)NC1CCCC1)N(Cc1c(Cl)cccc1Cl)C(=O)CSCc1c(Cl)cccc1Cl. The molecule has 1 atom stereocenters. The normalized spacial score (nSPS) is 14.7. The van der Waals surface area contributed by atoms with Gasteiger partial charge in [0.25, 0.3) is 0 Å². The van der Waals surface area contributed by atoms with Crippen LogP contribution in [0, 0.1) is 0 Å². The standard InChI is InChI=1S/C25H28Cl4N2O2S/c1-2-23(25(33)30-16-7-3-4-8-16)31(13-17-19(26)9-5-10-20(17)27)24(32)15-34-14-18-21(28)11-6-12-22(18)29/h5-6,9-12,16,23H,2-4,7-8,13-15H2,1H3,(H,30,33). The number of carbonyl (C=O) groups is 2. The molecule has 2 aromatic carbocycles. The predicted octanol–water partition coefficient (Wildman–Crippen LogP) is 7.40. The second-order valence-corrected chi connectivity index (χ2v) is 10.9. The summed E-state index contributed by atoms with van der Waals surface area (Å²) in [5, 5.41) is 5.19. The Morgan fingerprint density at radius 1 is 0.971 bits per heavy atom. The van der Waals surface area contributed by atoms with E-state index in [0.717, 1.165) is 31.2 Å². The van der Waals surface area contributed by atoms with Crippen molar-refractivity contribution < 1.29 is 9.59 Å². The summed E-state index contributed by atoms with van der Waals surface area (Å²) in [6, 6.07) is 10.1. The summed E-state index contributed by atoms with van der Waals surface area (Å²) < 4.78 is 0. The Bertz CT molecular complexity index is 974. The van der Waals surface area contributed by atoms with Gasteiger partial charge in [0, 0.05) is 44.0 Å². The minimum Gasteiger partial charge on any atom is -0.352 e. The van der Waals surface area contributed by atoms with Crippen molar-refractivity contribution in [3.05, 3.63) is 67.6 Å². The Morgan fingerprint density at radius 2 is 1.50 bits per heavy atom. The first kappa shape index (κ1) is 27.5. The maximum Gasteiger partial charge on any atom is 0.243 e. The number of rotatable bonds is 10. The average molecular weight is 562 g/mol. The second-order valence-electron chi connectivity index (χ2n) is 8.33. The summed E-state index contributed by atoms with van der Waals surface area (Å²) in [4.78, 5) is 28.2. The lowest BCUT2D eigenvalue weighted by molar-refractivity contribution is -0.139. The highest BCUT2D eigenvalue weighted by Crippen LogP contribution is 2.30. The Labute approximate surface area is 225 Å². The molecule has 1 saturated carbocycles. The number of nitrogens with one attached hydrogen (secondary N) is 1. The molecule has 0 spiro atoms. The van der Waals surface area contributed by atoms with Crippen LogP contribution in [0.1, 0.15) is 50.2 Å². The van der Waals surface area contributed by atoms with Crippen LogP contribution in [0.4, 0.5) is 0 Å². The van der Waals surface area contributed by atoms with E-state index >= 15 is 0 Å². The lowest BCUT2D eigenvalue weighted by Gasteiger charge is -2.32. The van der Waals surface area contributed by atoms with E-state index in [4.69, 9.17) is 46.4 Å². The molecule has 1 N–H and O–H groups in total. The molecule has 2 amide bonds. The highest BCUT2D eigenvalue weighted by Gasteiger charge is 2.31. The maximum absolute atomic E-state index is 13.4. The van der Waals surface area contributed by atoms with Crippen molar-refractivity contribution in [1.29, 1.82) is 0 Å². The van der Waals surface area contributed by atoms with Gasteiger partial charge in [-0.15, -0.1) is 11.8 Å². The van der Waals surface area contributed by atoms with Gasteiger partial charge in [-0.25, -0.2) is 0 Å². The van der Waals surface area contributed by atoms with Crippen molar-refractivity contribution in [1.82, 2.24) is 10.2 Å². The number of hydrogen-bond acceptors (Lipinski definition) is 3. The molecule has 2 aromatic rings. The smallest absolute Gasteiger partial charge is 0.243 e. The van der Waals surface area contributed by atoms with E-state index < -0.39 is 6.04 Å². The largest absolute Gasteiger partial charge is 0.352 e. The average Bonchev–Trinajstić information content (AvgIpc) is 3.30. The molecule has 9 heteroatoms. The van der Waals surface area contributed by atoms with E-state index in [-0.39, 0.29) is 30.2 Å². The fourth-order valence-electron chi connectivity index (χ4n) is 4.13. The van der Waals surface area contributed by atoms with Crippen molar-refractivity contribution in [2.45, 2.75) is 63.4 Å². The summed E-state index contributed by atoms with van der Waals surface area (Å²) in [6.45, 7) is 2.06. The summed E-state index contributed by atoms with van der Waals surface area (Å²) in [5.41, 5.74) is 1.42. The summed E-state index contributed by atoms with van der Waals surface area (Å²) in [5.74, 6) is 0.343. The molecule has 3 rings (SSSR count). The molecule has 1 aliphatic carbocycles. The van der Waals surface area contributed by atoms with Crippen molar-refractivity contribution >= 4 is 70.0 Å². The van der Waals surface area contributed by atoms with Gasteiger partial charge in [0.2, 0.25) is 11.8 Å². The summed E-state index contributed by atoms with van der Waals surface area (Å²) in [7, 11) is 0. The number of hydrogen-bond donors (Lipinski definition) is 1. The zero-order chi connectivity index (χ0) is 24.7. The van der Waals surface area contributed by atoms with Gasteiger partial charge >= 0.3 is 0 Å². The van der Waals surface area contributed by atoms with Crippen LogP contribution >= 0.6 is 58.2 Å². The van der Waals surface area contributed by atoms with E-state index in [2.05, 4.69) is 5.32 Å². The molecule has 0 saturated heterocycles. The van der Waals surface area contributed by atoms with Crippen LogP contribution in [-0.2, 0) is 21.9 Å². The quantitative estimate of drug-likeness (QED) is 0.329. The van der Waals surface area contributed by atoms with E-state index in [1.807, 2.05) is 6.92 Å². The van der Waals surface area contributed by atoms with Crippen LogP contribution in [0.25, 0.3) is 0 Å². The summed E-state index contributed by atoms with van der Waals surface area (Å²) >= 11 is 26.8. The van der Waals surface area contributed by atoms with Gasteiger partial charge in [-0.3, -0.25) is 9.59 Å². The number of benzene rings is 2. The van der Waals surface area contributed by atoms with Crippen LogP contribution in [0.2, 0.25) is 20.1 Å². The zero-order valence-corrected chi connectivity index (χ0v) is 22.8.